The Kier molecular flexibility index (Phi) is 4.42. The van der Waals surface area contributed by atoms with Crippen LogP contribution in [-0.4, -0.2) is 67.8 Å². The Bertz CT molecular complexity index is 241. The van der Waals surface area contributed by atoms with E-state index in [1.54, 1.807) is 0 Å². The molecule has 0 aromatic carbocycles. The molecular formula is C13H27N3O. The zero-order chi connectivity index (χ0) is 12.3. The molecule has 4 nitrogen and oxygen atoms in total. The second-order valence-corrected chi connectivity index (χ2v) is 5.70. The maximum absolute atomic E-state index is 6.11. The molecule has 2 fully saturated rings. The van der Waals surface area contributed by atoms with Gasteiger partial charge in [0.05, 0.1) is 0 Å². The summed E-state index contributed by atoms with van der Waals surface area (Å²) < 4.78 is 5.51. The SMILES string of the molecule is CC1CN(C)CCCN1C1(CN)CCOCC1. The molecule has 0 bridgehead atoms. The van der Waals surface area contributed by atoms with Gasteiger partial charge in [-0.1, -0.05) is 0 Å². The van der Waals surface area contributed by atoms with Crippen molar-refractivity contribution in [1.82, 2.24) is 9.80 Å². The summed E-state index contributed by atoms with van der Waals surface area (Å²) in [5, 5.41) is 0. The number of hydrogen-bond acceptors (Lipinski definition) is 4. The minimum Gasteiger partial charge on any atom is -0.381 e. The first-order valence-electron chi connectivity index (χ1n) is 6.91. The van der Waals surface area contributed by atoms with Crippen molar-refractivity contribution in [2.45, 2.75) is 37.8 Å². The van der Waals surface area contributed by atoms with Gasteiger partial charge in [0.25, 0.3) is 0 Å². The molecule has 2 saturated heterocycles. The van der Waals surface area contributed by atoms with Crippen LogP contribution in [0, 0.1) is 0 Å². The maximum Gasteiger partial charge on any atom is 0.0484 e. The Labute approximate surface area is 105 Å². The molecule has 2 aliphatic rings. The first kappa shape index (κ1) is 13.3. The predicted octanol–water partition coefficient (Wildman–Crippen LogP) is 0.520. The van der Waals surface area contributed by atoms with Crippen LogP contribution in [0.5, 0.6) is 0 Å². The van der Waals surface area contributed by atoms with Crippen molar-refractivity contribution in [3.05, 3.63) is 0 Å². The average molecular weight is 241 g/mol. The van der Waals surface area contributed by atoms with Gasteiger partial charge in [-0.15, -0.1) is 0 Å². The minimum atomic E-state index is 0.197. The molecule has 1 unspecified atom stereocenters. The van der Waals surface area contributed by atoms with Gasteiger partial charge < -0.3 is 15.4 Å². The summed E-state index contributed by atoms with van der Waals surface area (Å²) in [6, 6.07) is 0.601. The van der Waals surface area contributed by atoms with E-state index in [0.717, 1.165) is 39.1 Å². The lowest BCUT2D eigenvalue weighted by Gasteiger charge is -2.48. The molecule has 0 saturated carbocycles. The van der Waals surface area contributed by atoms with Crippen LogP contribution in [0.1, 0.15) is 26.2 Å². The highest BCUT2D eigenvalue weighted by molar-refractivity contribution is 4.97. The number of nitrogens with zero attached hydrogens (tertiary/aromatic N) is 2. The third-order valence-corrected chi connectivity index (χ3v) is 4.46. The largest absolute Gasteiger partial charge is 0.381 e. The Balaban J connectivity index is 2.11. The summed E-state index contributed by atoms with van der Waals surface area (Å²) in [6.07, 6.45) is 3.44. The zero-order valence-electron chi connectivity index (χ0n) is 11.3. The number of likely N-dealkylation sites (N-methyl/N-ethyl adjacent to an activating group) is 1. The van der Waals surface area contributed by atoms with Gasteiger partial charge in [0.2, 0.25) is 0 Å². The fourth-order valence-corrected chi connectivity index (χ4v) is 3.44. The van der Waals surface area contributed by atoms with E-state index in [1.807, 2.05) is 0 Å². The predicted molar refractivity (Wildman–Crippen MR) is 70.1 cm³/mol. The molecule has 1 atom stereocenters. The van der Waals surface area contributed by atoms with E-state index < -0.39 is 0 Å². The van der Waals surface area contributed by atoms with E-state index in [0.29, 0.717) is 6.04 Å². The molecule has 17 heavy (non-hydrogen) atoms. The summed E-state index contributed by atoms with van der Waals surface area (Å²) in [6.45, 7) is 8.40. The molecule has 2 aliphatic heterocycles. The highest BCUT2D eigenvalue weighted by Gasteiger charge is 2.40. The van der Waals surface area contributed by atoms with E-state index in [2.05, 4.69) is 23.8 Å². The van der Waals surface area contributed by atoms with Gasteiger partial charge in [-0.3, -0.25) is 4.90 Å². The molecule has 100 valence electrons. The van der Waals surface area contributed by atoms with Gasteiger partial charge in [-0.25, -0.2) is 0 Å². The summed E-state index contributed by atoms with van der Waals surface area (Å²) in [7, 11) is 2.22. The Hall–Kier alpha value is -0.160. The Morgan fingerprint density at radius 3 is 2.65 bits per heavy atom. The quantitative estimate of drug-likeness (QED) is 0.765. The van der Waals surface area contributed by atoms with Crippen molar-refractivity contribution < 1.29 is 4.74 Å². The maximum atomic E-state index is 6.11. The molecule has 2 rings (SSSR count). The molecule has 0 spiro atoms. The number of nitrogens with two attached hydrogens (primary N) is 1. The molecule has 2 heterocycles. The Morgan fingerprint density at radius 1 is 1.29 bits per heavy atom. The van der Waals surface area contributed by atoms with Crippen LogP contribution < -0.4 is 5.73 Å². The van der Waals surface area contributed by atoms with Crippen LogP contribution in [-0.2, 0) is 4.74 Å². The smallest absolute Gasteiger partial charge is 0.0484 e. The van der Waals surface area contributed by atoms with Gasteiger partial charge in [0.1, 0.15) is 0 Å². The van der Waals surface area contributed by atoms with Gasteiger partial charge in [0.15, 0.2) is 0 Å². The summed E-state index contributed by atoms with van der Waals surface area (Å²) in [4.78, 5) is 5.10. The lowest BCUT2D eigenvalue weighted by Crippen LogP contribution is -2.60. The van der Waals surface area contributed by atoms with Crippen molar-refractivity contribution in [3.63, 3.8) is 0 Å². The topological polar surface area (TPSA) is 41.7 Å². The standard InChI is InChI=1S/C13H27N3O/c1-12-10-15(2)6-3-7-16(12)13(11-14)4-8-17-9-5-13/h12H,3-11,14H2,1-2H3. The van der Waals surface area contributed by atoms with E-state index in [1.165, 1.54) is 19.5 Å². The van der Waals surface area contributed by atoms with Crippen molar-refractivity contribution in [3.8, 4) is 0 Å². The summed E-state index contributed by atoms with van der Waals surface area (Å²) >= 11 is 0. The lowest BCUT2D eigenvalue weighted by molar-refractivity contribution is -0.0390. The number of ether oxygens (including phenoxy) is 1. The molecule has 2 N–H and O–H groups in total. The van der Waals surface area contributed by atoms with Crippen LogP contribution in [0.3, 0.4) is 0 Å². The first-order chi connectivity index (χ1) is 8.18. The molecular weight excluding hydrogens is 214 g/mol. The number of hydrogen-bond donors (Lipinski definition) is 1. The second kappa shape index (κ2) is 5.65. The molecule has 4 heteroatoms. The Morgan fingerprint density at radius 2 is 2.00 bits per heavy atom. The van der Waals surface area contributed by atoms with Crippen LogP contribution in [0.15, 0.2) is 0 Å². The normalized spacial score (nSPS) is 32.3. The molecule has 0 amide bonds. The monoisotopic (exact) mass is 241 g/mol. The fraction of sp³-hybridized carbons (Fsp3) is 1.00. The van der Waals surface area contributed by atoms with Crippen LogP contribution in [0.25, 0.3) is 0 Å². The van der Waals surface area contributed by atoms with Gasteiger partial charge >= 0.3 is 0 Å². The summed E-state index contributed by atoms with van der Waals surface area (Å²) in [5.41, 5.74) is 6.30. The van der Waals surface area contributed by atoms with Crippen LogP contribution in [0.2, 0.25) is 0 Å². The van der Waals surface area contributed by atoms with Gasteiger partial charge in [-0.2, -0.15) is 0 Å². The number of rotatable bonds is 2. The van der Waals surface area contributed by atoms with E-state index in [4.69, 9.17) is 10.5 Å². The van der Waals surface area contributed by atoms with Crippen molar-refractivity contribution in [2.24, 2.45) is 5.73 Å². The van der Waals surface area contributed by atoms with E-state index in [-0.39, 0.29) is 5.54 Å². The van der Waals surface area contributed by atoms with E-state index in [9.17, 15) is 0 Å². The van der Waals surface area contributed by atoms with Crippen molar-refractivity contribution in [2.75, 3.05) is 46.4 Å². The van der Waals surface area contributed by atoms with Crippen LogP contribution >= 0.6 is 0 Å². The van der Waals surface area contributed by atoms with Gasteiger partial charge in [0, 0.05) is 44.4 Å². The summed E-state index contributed by atoms with van der Waals surface area (Å²) in [5.74, 6) is 0. The zero-order valence-corrected chi connectivity index (χ0v) is 11.3. The van der Waals surface area contributed by atoms with Gasteiger partial charge in [-0.05, 0) is 39.8 Å². The third-order valence-electron chi connectivity index (χ3n) is 4.46. The van der Waals surface area contributed by atoms with Crippen molar-refractivity contribution in [1.29, 1.82) is 0 Å². The fourth-order valence-electron chi connectivity index (χ4n) is 3.44. The molecule has 0 aliphatic carbocycles. The minimum absolute atomic E-state index is 0.197. The average Bonchev–Trinajstić information content (AvgIpc) is 2.51. The van der Waals surface area contributed by atoms with Crippen molar-refractivity contribution >= 4 is 0 Å². The molecule has 0 aromatic rings. The second-order valence-electron chi connectivity index (χ2n) is 5.70. The highest BCUT2D eigenvalue weighted by Crippen LogP contribution is 2.30. The van der Waals surface area contributed by atoms with Crippen LogP contribution in [0.4, 0.5) is 0 Å². The lowest BCUT2D eigenvalue weighted by atomic mass is 9.86. The third kappa shape index (κ3) is 2.81. The van der Waals surface area contributed by atoms with E-state index >= 15 is 0 Å². The molecule has 0 aromatic heterocycles. The first-order valence-corrected chi connectivity index (χ1v) is 6.91. The molecule has 0 radical (unpaired) electrons. The highest BCUT2D eigenvalue weighted by atomic mass is 16.5.